The van der Waals surface area contributed by atoms with Crippen LogP contribution < -0.4 is 5.32 Å². The molecule has 0 saturated heterocycles. The zero-order valence-electron chi connectivity index (χ0n) is 13.1. The summed E-state index contributed by atoms with van der Waals surface area (Å²) in [5, 5.41) is 13.0. The summed E-state index contributed by atoms with van der Waals surface area (Å²) in [4.78, 5) is 23.0. The van der Waals surface area contributed by atoms with E-state index in [9.17, 15) is 14.7 Å². The SMILES string of the molecule is COC(=O)C[C@H](Cc1ccccc1)N[C@H](O)[C@@H](C)C(=O)OC. The van der Waals surface area contributed by atoms with Gasteiger partial charge in [0.1, 0.15) is 6.23 Å². The second-order valence-electron chi connectivity index (χ2n) is 5.09. The number of rotatable bonds is 8. The fourth-order valence-corrected chi connectivity index (χ4v) is 2.07. The Morgan fingerprint density at radius 3 is 2.36 bits per heavy atom. The van der Waals surface area contributed by atoms with Gasteiger partial charge in [0.15, 0.2) is 0 Å². The number of nitrogens with one attached hydrogen (secondary N) is 1. The second-order valence-corrected chi connectivity index (χ2v) is 5.09. The predicted octanol–water partition coefficient (Wildman–Crippen LogP) is 0.878. The van der Waals surface area contributed by atoms with E-state index >= 15 is 0 Å². The Morgan fingerprint density at radius 2 is 1.82 bits per heavy atom. The van der Waals surface area contributed by atoms with E-state index in [1.165, 1.54) is 14.2 Å². The summed E-state index contributed by atoms with van der Waals surface area (Å²) in [5.74, 6) is -1.64. The summed E-state index contributed by atoms with van der Waals surface area (Å²) in [7, 11) is 2.58. The number of ether oxygens (including phenoxy) is 2. The van der Waals surface area contributed by atoms with Crippen molar-refractivity contribution >= 4 is 11.9 Å². The van der Waals surface area contributed by atoms with Gasteiger partial charge in [-0.3, -0.25) is 14.9 Å². The van der Waals surface area contributed by atoms with Crippen molar-refractivity contribution in [2.45, 2.75) is 32.0 Å². The molecule has 1 rings (SSSR count). The third kappa shape index (κ3) is 5.83. The van der Waals surface area contributed by atoms with E-state index in [1.54, 1.807) is 6.92 Å². The molecule has 1 aromatic rings. The molecule has 0 amide bonds. The first-order valence-corrected chi connectivity index (χ1v) is 7.10. The summed E-state index contributed by atoms with van der Waals surface area (Å²) in [6.45, 7) is 1.56. The number of carbonyl (C=O) groups is 2. The van der Waals surface area contributed by atoms with Crippen LogP contribution in [0.15, 0.2) is 30.3 Å². The Bertz CT molecular complexity index is 477. The first kappa shape index (κ1) is 18.1. The van der Waals surface area contributed by atoms with Crippen molar-refractivity contribution in [1.29, 1.82) is 0 Å². The molecule has 0 fully saturated rings. The van der Waals surface area contributed by atoms with Crippen LogP contribution in [0.1, 0.15) is 18.9 Å². The van der Waals surface area contributed by atoms with Crippen LogP contribution in [0.2, 0.25) is 0 Å². The molecule has 0 bridgehead atoms. The molecule has 1 aromatic carbocycles. The number of hydrogen-bond donors (Lipinski definition) is 2. The lowest BCUT2D eigenvalue weighted by Gasteiger charge is -2.24. The molecule has 0 aliphatic rings. The number of methoxy groups -OCH3 is 2. The Kier molecular flexibility index (Phi) is 7.56. The molecule has 2 N–H and O–H groups in total. The molecule has 0 heterocycles. The lowest BCUT2D eigenvalue weighted by molar-refractivity contribution is -0.149. The van der Waals surface area contributed by atoms with Gasteiger partial charge in [0.05, 0.1) is 26.6 Å². The van der Waals surface area contributed by atoms with Crippen molar-refractivity contribution in [2.75, 3.05) is 14.2 Å². The lowest BCUT2D eigenvalue weighted by Crippen LogP contribution is -2.46. The van der Waals surface area contributed by atoms with Crippen LogP contribution in [0.4, 0.5) is 0 Å². The predicted molar refractivity (Wildman–Crippen MR) is 80.9 cm³/mol. The van der Waals surface area contributed by atoms with E-state index in [4.69, 9.17) is 0 Å². The van der Waals surface area contributed by atoms with Gasteiger partial charge in [0.2, 0.25) is 0 Å². The van der Waals surface area contributed by atoms with Crippen LogP contribution >= 0.6 is 0 Å². The maximum atomic E-state index is 11.5. The molecular weight excluding hydrogens is 286 g/mol. The molecule has 0 saturated carbocycles. The van der Waals surface area contributed by atoms with Crippen LogP contribution in [0, 0.1) is 5.92 Å². The van der Waals surface area contributed by atoms with E-state index in [1.807, 2.05) is 30.3 Å². The average molecular weight is 309 g/mol. The third-order valence-electron chi connectivity index (χ3n) is 3.42. The quantitative estimate of drug-likeness (QED) is 0.548. The molecule has 0 radical (unpaired) electrons. The Balaban J connectivity index is 2.73. The van der Waals surface area contributed by atoms with Gasteiger partial charge >= 0.3 is 11.9 Å². The number of aliphatic hydroxyl groups is 1. The molecule has 0 aliphatic heterocycles. The van der Waals surface area contributed by atoms with Gasteiger partial charge in [0, 0.05) is 6.04 Å². The van der Waals surface area contributed by atoms with Crippen molar-refractivity contribution in [1.82, 2.24) is 5.32 Å². The normalized spacial score (nSPS) is 14.7. The molecule has 0 aliphatic carbocycles. The number of carbonyl (C=O) groups excluding carboxylic acids is 2. The number of benzene rings is 1. The summed E-state index contributed by atoms with van der Waals surface area (Å²) in [6.07, 6.45) is -0.483. The van der Waals surface area contributed by atoms with E-state index in [0.29, 0.717) is 6.42 Å². The van der Waals surface area contributed by atoms with Crippen LogP contribution in [0.3, 0.4) is 0 Å². The first-order chi connectivity index (χ1) is 10.5. The summed E-state index contributed by atoms with van der Waals surface area (Å²) >= 11 is 0. The van der Waals surface area contributed by atoms with Crippen LogP contribution in [-0.4, -0.2) is 43.5 Å². The zero-order chi connectivity index (χ0) is 16.5. The number of aliphatic hydroxyl groups excluding tert-OH is 1. The van der Waals surface area contributed by atoms with E-state index in [2.05, 4.69) is 14.8 Å². The van der Waals surface area contributed by atoms with Crippen LogP contribution in [-0.2, 0) is 25.5 Å². The van der Waals surface area contributed by atoms with E-state index in [0.717, 1.165) is 5.56 Å². The molecule has 22 heavy (non-hydrogen) atoms. The Morgan fingerprint density at radius 1 is 1.18 bits per heavy atom. The molecule has 3 atom stereocenters. The zero-order valence-corrected chi connectivity index (χ0v) is 13.1. The third-order valence-corrected chi connectivity index (χ3v) is 3.42. The highest BCUT2D eigenvalue weighted by atomic mass is 16.5. The molecule has 6 heteroatoms. The van der Waals surface area contributed by atoms with Gasteiger partial charge in [0.25, 0.3) is 0 Å². The van der Waals surface area contributed by atoms with E-state index < -0.39 is 18.1 Å². The van der Waals surface area contributed by atoms with Gasteiger partial charge in [-0.15, -0.1) is 0 Å². The lowest BCUT2D eigenvalue weighted by atomic mass is 10.0. The van der Waals surface area contributed by atoms with Gasteiger partial charge < -0.3 is 14.6 Å². The minimum atomic E-state index is -1.11. The Hall–Kier alpha value is -1.92. The summed E-state index contributed by atoms with van der Waals surface area (Å²) in [5.41, 5.74) is 1.02. The van der Waals surface area contributed by atoms with Gasteiger partial charge in [-0.1, -0.05) is 30.3 Å². The highest BCUT2D eigenvalue weighted by Crippen LogP contribution is 2.10. The van der Waals surface area contributed by atoms with Crippen molar-refractivity contribution in [3.05, 3.63) is 35.9 Å². The van der Waals surface area contributed by atoms with Crippen molar-refractivity contribution in [3.8, 4) is 0 Å². The van der Waals surface area contributed by atoms with Gasteiger partial charge in [-0.05, 0) is 18.9 Å². The van der Waals surface area contributed by atoms with E-state index in [-0.39, 0.29) is 18.4 Å². The number of hydrogen-bond acceptors (Lipinski definition) is 6. The molecule has 6 nitrogen and oxygen atoms in total. The highest BCUT2D eigenvalue weighted by molar-refractivity contribution is 5.72. The van der Waals surface area contributed by atoms with Crippen molar-refractivity contribution in [2.24, 2.45) is 5.92 Å². The molecule has 0 unspecified atom stereocenters. The second kappa shape index (κ2) is 9.17. The standard InChI is InChI=1S/C16H23NO5/c1-11(16(20)22-3)15(19)17-13(10-14(18)21-2)9-12-7-5-4-6-8-12/h4-8,11,13,15,17,19H,9-10H2,1-3H3/t11-,13+,15-/m1/s1. The summed E-state index contributed by atoms with van der Waals surface area (Å²) < 4.78 is 9.28. The van der Waals surface area contributed by atoms with Crippen molar-refractivity contribution in [3.63, 3.8) is 0 Å². The fraction of sp³-hybridized carbons (Fsp3) is 0.500. The number of esters is 2. The largest absolute Gasteiger partial charge is 0.469 e. The van der Waals surface area contributed by atoms with Gasteiger partial charge in [-0.25, -0.2) is 0 Å². The van der Waals surface area contributed by atoms with Crippen molar-refractivity contribution < 1.29 is 24.2 Å². The Labute approximate surface area is 130 Å². The minimum absolute atomic E-state index is 0.0936. The van der Waals surface area contributed by atoms with Crippen LogP contribution in [0.25, 0.3) is 0 Å². The summed E-state index contributed by atoms with van der Waals surface area (Å²) in [6, 6.07) is 9.22. The van der Waals surface area contributed by atoms with Crippen LogP contribution in [0.5, 0.6) is 0 Å². The first-order valence-electron chi connectivity index (χ1n) is 7.10. The highest BCUT2D eigenvalue weighted by Gasteiger charge is 2.26. The molecular formula is C16H23NO5. The van der Waals surface area contributed by atoms with Gasteiger partial charge in [-0.2, -0.15) is 0 Å². The molecule has 122 valence electrons. The molecule has 0 spiro atoms. The maximum absolute atomic E-state index is 11.5. The fourth-order valence-electron chi connectivity index (χ4n) is 2.07. The smallest absolute Gasteiger partial charge is 0.312 e. The molecule has 0 aromatic heterocycles. The maximum Gasteiger partial charge on any atom is 0.312 e. The monoisotopic (exact) mass is 309 g/mol. The average Bonchev–Trinajstić information content (AvgIpc) is 2.53. The minimum Gasteiger partial charge on any atom is -0.469 e. The topological polar surface area (TPSA) is 84.9 Å².